The van der Waals surface area contributed by atoms with Crippen LogP contribution in [0.1, 0.15) is 26.3 Å². The Morgan fingerprint density at radius 2 is 1.81 bits per heavy atom. The summed E-state index contributed by atoms with van der Waals surface area (Å²) in [6.45, 7) is 3.44. The van der Waals surface area contributed by atoms with Gasteiger partial charge in [-0.1, -0.05) is 12.7 Å². The van der Waals surface area contributed by atoms with Gasteiger partial charge in [-0.2, -0.15) is 0 Å². The largest absolute Gasteiger partial charge is 0.507 e. The van der Waals surface area contributed by atoms with E-state index < -0.39 is 11.8 Å². The van der Waals surface area contributed by atoms with Crippen LogP contribution in [0.5, 0.6) is 11.5 Å². The lowest BCUT2D eigenvalue weighted by Crippen LogP contribution is -2.24. The highest BCUT2D eigenvalue weighted by Gasteiger charge is 2.38. The van der Waals surface area contributed by atoms with Crippen molar-refractivity contribution in [3.8, 4) is 11.5 Å². The zero-order valence-corrected chi connectivity index (χ0v) is 8.52. The summed E-state index contributed by atoms with van der Waals surface area (Å²) in [6.07, 6.45) is 1.30. The number of carbonyl (C=O) groups is 2. The van der Waals surface area contributed by atoms with Gasteiger partial charge in [0, 0.05) is 12.6 Å². The van der Waals surface area contributed by atoms with E-state index in [1.165, 1.54) is 19.2 Å². The molecule has 1 aliphatic heterocycles. The van der Waals surface area contributed by atoms with Gasteiger partial charge in [-0.15, -0.1) is 0 Å². The van der Waals surface area contributed by atoms with Gasteiger partial charge in [0.05, 0.1) is 11.1 Å². The molecule has 5 nitrogen and oxygen atoms in total. The average Bonchev–Trinajstić information content (AvgIpc) is 2.49. The summed E-state index contributed by atoms with van der Waals surface area (Å²) < 4.78 is 0. The second-order valence-corrected chi connectivity index (χ2v) is 3.46. The van der Waals surface area contributed by atoms with Crippen molar-refractivity contribution in [3.63, 3.8) is 0 Å². The van der Waals surface area contributed by atoms with E-state index in [2.05, 4.69) is 6.58 Å². The van der Waals surface area contributed by atoms with Gasteiger partial charge in [0.15, 0.2) is 0 Å². The molecule has 2 amide bonds. The van der Waals surface area contributed by atoms with E-state index in [1.54, 1.807) is 0 Å². The summed E-state index contributed by atoms with van der Waals surface area (Å²) in [5.74, 6) is -1.91. The molecule has 5 heteroatoms. The standard InChI is InChI=1S/C11H9NO4/c1-3-5-4-6(13)7-8(9(5)14)11(16)12(2)10(7)15/h3-4,13-14H,1H2,2H3. The van der Waals surface area contributed by atoms with Gasteiger partial charge >= 0.3 is 0 Å². The second kappa shape index (κ2) is 3.10. The first kappa shape index (κ1) is 10.2. The van der Waals surface area contributed by atoms with Crippen LogP contribution in [0.3, 0.4) is 0 Å². The van der Waals surface area contributed by atoms with Crippen LogP contribution in [0.4, 0.5) is 0 Å². The second-order valence-electron chi connectivity index (χ2n) is 3.46. The molecule has 16 heavy (non-hydrogen) atoms. The molecule has 1 aromatic rings. The average molecular weight is 219 g/mol. The van der Waals surface area contributed by atoms with Gasteiger partial charge in [-0.25, -0.2) is 0 Å². The number of benzene rings is 1. The van der Waals surface area contributed by atoms with Gasteiger partial charge in [0.1, 0.15) is 11.5 Å². The van der Waals surface area contributed by atoms with Crippen LogP contribution in [-0.2, 0) is 0 Å². The van der Waals surface area contributed by atoms with Gasteiger partial charge in [0.2, 0.25) is 0 Å². The molecule has 1 heterocycles. The number of phenols is 2. The summed E-state index contributed by atoms with van der Waals surface area (Å²) in [6, 6.07) is 1.20. The number of carbonyl (C=O) groups excluding carboxylic acids is 2. The summed E-state index contributed by atoms with van der Waals surface area (Å²) >= 11 is 0. The van der Waals surface area contributed by atoms with E-state index in [0.29, 0.717) is 0 Å². The predicted molar refractivity (Wildman–Crippen MR) is 56.3 cm³/mol. The summed E-state index contributed by atoms with van der Waals surface area (Å²) in [5, 5.41) is 19.4. The third-order valence-electron chi connectivity index (χ3n) is 2.57. The summed E-state index contributed by atoms with van der Waals surface area (Å²) in [4.78, 5) is 24.1. The van der Waals surface area contributed by atoms with Crippen LogP contribution in [0.2, 0.25) is 0 Å². The highest BCUT2D eigenvalue weighted by Crippen LogP contribution is 2.38. The number of phenolic OH excluding ortho intramolecular Hbond substituents is 2. The predicted octanol–water partition coefficient (Wildman–Crippen LogP) is 0.967. The first-order chi connectivity index (χ1) is 7.49. The molecular weight excluding hydrogens is 210 g/mol. The molecule has 2 N–H and O–H groups in total. The maximum Gasteiger partial charge on any atom is 0.265 e. The lowest BCUT2D eigenvalue weighted by Gasteiger charge is -2.05. The Bertz CT molecular complexity index is 533. The fourth-order valence-corrected chi connectivity index (χ4v) is 1.69. The molecule has 0 unspecified atom stereocenters. The Labute approximate surface area is 91.2 Å². The molecule has 0 fully saturated rings. The quantitative estimate of drug-likeness (QED) is 0.545. The molecule has 1 aromatic carbocycles. The summed E-state index contributed by atoms with van der Waals surface area (Å²) in [5.41, 5.74) is -0.106. The lowest BCUT2D eigenvalue weighted by atomic mass is 10.0. The van der Waals surface area contributed by atoms with Crippen molar-refractivity contribution in [3.05, 3.63) is 29.3 Å². The highest BCUT2D eigenvalue weighted by molar-refractivity contribution is 6.24. The molecule has 0 bridgehead atoms. The molecule has 82 valence electrons. The van der Waals surface area contributed by atoms with Crippen molar-refractivity contribution in [2.45, 2.75) is 0 Å². The Morgan fingerprint density at radius 3 is 2.38 bits per heavy atom. The Kier molecular flexibility index (Phi) is 1.98. The van der Waals surface area contributed by atoms with Crippen LogP contribution in [-0.4, -0.2) is 34.0 Å². The normalized spacial score (nSPS) is 14.2. The smallest absolute Gasteiger partial charge is 0.265 e. The monoisotopic (exact) mass is 219 g/mol. The number of amides is 2. The number of aromatic hydroxyl groups is 2. The number of hydrogen-bond acceptors (Lipinski definition) is 4. The number of hydrogen-bond donors (Lipinski definition) is 2. The van der Waals surface area contributed by atoms with Crippen molar-refractivity contribution in [2.24, 2.45) is 0 Å². The van der Waals surface area contributed by atoms with E-state index in [1.807, 2.05) is 0 Å². The SMILES string of the molecule is C=Cc1cc(O)c2c(c1O)C(=O)N(C)C2=O. The van der Waals surface area contributed by atoms with Crippen molar-refractivity contribution >= 4 is 17.9 Å². The third kappa shape index (κ3) is 1.05. The molecule has 0 aromatic heterocycles. The van der Waals surface area contributed by atoms with E-state index in [0.717, 1.165) is 4.90 Å². The van der Waals surface area contributed by atoms with Gasteiger partial charge in [-0.3, -0.25) is 14.5 Å². The molecule has 0 radical (unpaired) electrons. The first-order valence-electron chi connectivity index (χ1n) is 4.52. The van der Waals surface area contributed by atoms with Gasteiger partial charge in [-0.05, 0) is 6.07 Å². The fourth-order valence-electron chi connectivity index (χ4n) is 1.69. The van der Waals surface area contributed by atoms with Crippen LogP contribution >= 0.6 is 0 Å². The molecule has 2 rings (SSSR count). The maximum absolute atomic E-state index is 11.6. The van der Waals surface area contributed by atoms with E-state index in [4.69, 9.17) is 0 Å². The zero-order chi connectivity index (χ0) is 12.0. The van der Waals surface area contributed by atoms with E-state index in [9.17, 15) is 19.8 Å². The number of fused-ring (bicyclic) bond motifs is 1. The molecule has 0 atom stereocenters. The van der Waals surface area contributed by atoms with Crippen LogP contribution in [0.15, 0.2) is 12.6 Å². The number of rotatable bonds is 1. The Balaban J connectivity index is 2.85. The molecular formula is C11H9NO4. The minimum atomic E-state index is -0.628. The van der Waals surface area contributed by atoms with Crippen molar-refractivity contribution in [2.75, 3.05) is 7.05 Å². The van der Waals surface area contributed by atoms with Crippen molar-refractivity contribution < 1.29 is 19.8 Å². The van der Waals surface area contributed by atoms with E-state index in [-0.39, 0.29) is 28.2 Å². The van der Waals surface area contributed by atoms with E-state index >= 15 is 0 Å². The van der Waals surface area contributed by atoms with Crippen LogP contribution < -0.4 is 0 Å². The zero-order valence-electron chi connectivity index (χ0n) is 8.52. The van der Waals surface area contributed by atoms with Crippen molar-refractivity contribution in [1.29, 1.82) is 0 Å². The minimum Gasteiger partial charge on any atom is -0.507 e. The topological polar surface area (TPSA) is 77.8 Å². The minimum absolute atomic E-state index is 0.157. The molecule has 0 saturated carbocycles. The molecule has 0 saturated heterocycles. The lowest BCUT2D eigenvalue weighted by molar-refractivity contribution is 0.0692. The van der Waals surface area contributed by atoms with Crippen LogP contribution in [0, 0.1) is 0 Å². The van der Waals surface area contributed by atoms with Gasteiger partial charge < -0.3 is 10.2 Å². The first-order valence-corrected chi connectivity index (χ1v) is 4.52. The number of imide groups is 1. The maximum atomic E-state index is 11.6. The number of nitrogens with zero attached hydrogens (tertiary/aromatic N) is 1. The van der Waals surface area contributed by atoms with Crippen LogP contribution in [0.25, 0.3) is 6.08 Å². The fraction of sp³-hybridized carbons (Fsp3) is 0.0909. The third-order valence-corrected chi connectivity index (χ3v) is 2.57. The Morgan fingerprint density at radius 1 is 1.25 bits per heavy atom. The summed E-state index contributed by atoms with van der Waals surface area (Å²) in [7, 11) is 1.29. The molecule has 0 spiro atoms. The van der Waals surface area contributed by atoms with Crippen molar-refractivity contribution in [1.82, 2.24) is 4.90 Å². The highest BCUT2D eigenvalue weighted by atomic mass is 16.3. The Hall–Kier alpha value is -2.30. The molecule has 1 aliphatic rings. The molecule has 0 aliphatic carbocycles. The van der Waals surface area contributed by atoms with Gasteiger partial charge in [0.25, 0.3) is 11.8 Å².